The van der Waals surface area contributed by atoms with Gasteiger partial charge in [-0.3, -0.25) is 9.88 Å². The van der Waals surface area contributed by atoms with Gasteiger partial charge in [0.15, 0.2) is 0 Å². The molecule has 2 aromatic rings. The second-order valence-corrected chi connectivity index (χ2v) is 6.91. The number of nitrogens with zero attached hydrogens (tertiary/aromatic N) is 2. The highest BCUT2D eigenvalue weighted by Gasteiger charge is 2.21. The molecule has 0 bridgehead atoms. The summed E-state index contributed by atoms with van der Waals surface area (Å²) in [6.07, 6.45) is 8.85. The van der Waals surface area contributed by atoms with Gasteiger partial charge in [-0.05, 0) is 67.4 Å². The SMILES string of the molecule is Cl.c1cncc(CC2CCN(Cc3cccc4c3NCC4)CC2)c1. The average molecular weight is 344 g/mol. The first-order valence-electron chi connectivity index (χ1n) is 8.84. The van der Waals surface area contributed by atoms with Crippen LogP contribution in [-0.4, -0.2) is 29.5 Å². The molecule has 24 heavy (non-hydrogen) atoms. The maximum absolute atomic E-state index is 4.24. The minimum absolute atomic E-state index is 0. The summed E-state index contributed by atoms with van der Waals surface area (Å²) in [5, 5.41) is 3.57. The van der Waals surface area contributed by atoms with Crippen LogP contribution in [0.5, 0.6) is 0 Å². The molecule has 4 heteroatoms. The van der Waals surface area contributed by atoms with Gasteiger partial charge in [-0.1, -0.05) is 24.3 Å². The van der Waals surface area contributed by atoms with Crippen molar-refractivity contribution >= 4 is 18.1 Å². The van der Waals surface area contributed by atoms with Gasteiger partial charge < -0.3 is 5.32 Å². The summed E-state index contributed by atoms with van der Waals surface area (Å²) < 4.78 is 0. The van der Waals surface area contributed by atoms with Crippen LogP contribution in [0.15, 0.2) is 42.7 Å². The van der Waals surface area contributed by atoms with E-state index in [9.17, 15) is 0 Å². The van der Waals surface area contributed by atoms with E-state index in [1.807, 2.05) is 18.5 Å². The lowest BCUT2D eigenvalue weighted by molar-refractivity contribution is 0.177. The number of fused-ring (bicyclic) bond motifs is 1. The van der Waals surface area contributed by atoms with Gasteiger partial charge in [0.2, 0.25) is 0 Å². The molecule has 2 aliphatic heterocycles. The van der Waals surface area contributed by atoms with Crippen LogP contribution in [0.2, 0.25) is 0 Å². The summed E-state index contributed by atoms with van der Waals surface area (Å²) >= 11 is 0. The zero-order valence-electron chi connectivity index (χ0n) is 14.1. The van der Waals surface area contributed by atoms with E-state index in [2.05, 4.69) is 39.5 Å². The van der Waals surface area contributed by atoms with Crippen molar-refractivity contribution in [2.75, 3.05) is 25.0 Å². The van der Waals surface area contributed by atoms with Crippen LogP contribution in [0.3, 0.4) is 0 Å². The highest BCUT2D eigenvalue weighted by Crippen LogP contribution is 2.29. The van der Waals surface area contributed by atoms with Crippen LogP contribution in [0, 0.1) is 5.92 Å². The zero-order valence-corrected chi connectivity index (χ0v) is 14.9. The zero-order chi connectivity index (χ0) is 15.5. The molecular weight excluding hydrogens is 318 g/mol. The maximum atomic E-state index is 4.24. The van der Waals surface area contributed by atoms with E-state index in [-0.39, 0.29) is 12.4 Å². The maximum Gasteiger partial charge on any atom is 0.0419 e. The Hall–Kier alpha value is -1.58. The molecule has 0 atom stereocenters. The van der Waals surface area contributed by atoms with E-state index in [1.165, 1.54) is 61.2 Å². The van der Waals surface area contributed by atoms with Gasteiger partial charge in [0, 0.05) is 31.2 Å². The number of hydrogen-bond acceptors (Lipinski definition) is 3. The number of halogens is 1. The summed E-state index contributed by atoms with van der Waals surface area (Å²) in [7, 11) is 0. The Balaban J connectivity index is 0.00000169. The molecule has 4 rings (SSSR count). The predicted octanol–water partition coefficient (Wildman–Crippen LogP) is 3.93. The normalized spacial score (nSPS) is 17.8. The Morgan fingerprint density at radius 2 is 2.00 bits per heavy atom. The summed E-state index contributed by atoms with van der Waals surface area (Å²) in [6, 6.07) is 11.0. The number of pyridine rings is 1. The molecule has 0 aliphatic carbocycles. The number of anilines is 1. The van der Waals surface area contributed by atoms with Crippen molar-refractivity contribution < 1.29 is 0 Å². The molecule has 0 saturated carbocycles. The lowest BCUT2D eigenvalue weighted by Gasteiger charge is -2.32. The van der Waals surface area contributed by atoms with E-state index in [4.69, 9.17) is 0 Å². The lowest BCUT2D eigenvalue weighted by Crippen LogP contribution is -2.34. The third-order valence-electron chi connectivity index (χ3n) is 5.28. The van der Waals surface area contributed by atoms with Crippen molar-refractivity contribution in [2.24, 2.45) is 5.92 Å². The summed E-state index contributed by atoms with van der Waals surface area (Å²) in [6.45, 7) is 4.62. The molecule has 2 aliphatic rings. The Labute approximate surface area is 150 Å². The molecule has 0 amide bonds. The van der Waals surface area contributed by atoms with E-state index >= 15 is 0 Å². The molecule has 3 nitrogen and oxygen atoms in total. The second-order valence-electron chi connectivity index (χ2n) is 6.91. The molecule has 0 spiro atoms. The van der Waals surface area contributed by atoms with Crippen LogP contribution in [0.25, 0.3) is 0 Å². The first-order chi connectivity index (χ1) is 11.4. The Morgan fingerprint density at radius 3 is 2.79 bits per heavy atom. The van der Waals surface area contributed by atoms with Crippen LogP contribution < -0.4 is 5.32 Å². The average Bonchev–Trinajstić information content (AvgIpc) is 3.07. The van der Waals surface area contributed by atoms with E-state index < -0.39 is 0 Å². The van der Waals surface area contributed by atoms with Gasteiger partial charge in [-0.25, -0.2) is 0 Å². The minimum Gasteiger partial charge on any atom is -0.384 e. The smallest absolute Gasteiger partial charge is 0.0419 e. The van der Waals surface area contributed by atoms with Gasteiger partial charge >= 0.3 is 0 Å². The molecule has 0 radical (unpaired) electrons. The van der Waals surface area contributed by atoms with Crippen molar-refractivity contribution in [1.29, 1.82) is 0 Å². The molecule has 1 aromatic carbocycles. The van der Waals surface area contributed by atoms with Crippen molar-refractivity contribution in [2.45, 2.75) is 32.2 Å². The van der Waals surface area contributed by atoms with Crippen molar-refractivity contribution in [1.82, 2.24) is 9.88 Å². The summed E-state index contributed by atoms with van der Waals surface area (Å²) in [5.74, 6) is 0.815. The Kier molecular flexibility index (Phi) is 5.75. The lowest BCUT2D eigenvalue weighted by atomic mass is 9.90. The van der Waals surface area contributed by atoms with E-state index in [0.717, 1.165) is 19.0 Å². The second kappa shape index (κ2) is 8.00. The number of piperidine rings is 1. The van der Waals surface area contributed by atoms with Crippen LogP contribution >= 0.6 is 12.4 Å². The van der Waals surface area contributed by atoms with E-state index in [1.54, 1.807) is 0 Å². The fourth-order valence-corrected chi connectivity index (χ4v) is 3.98. The first-order valence-corrected chi connectivity index (χ1v) is 8.84. The molecule has 1 saturated heterocycles. The largest absolute Gasteiger partial charge is 0.384 e. The summed E-state index contributed by atoms with van der Waals surface area (Å²) in [4.78, 5) is 6.86. The monoisotopic (exact) mass is 343 g/mol. The standard InChI is InChI=1S/C20H25N3.ClH/c1-4-18-6-10-22-20(18)19(5-1)15-23-11-7-16(8-12-23)13-17-3-2-9-21-14-17;/h1-5,9,14,16,22H,6-8,10-13,15H2;1H. The number of likely N-dealkylation sites (tertiary alicyclic amines) is 1. The third-order valence-corrected chi connectivity index (χ3v) is 5.28. The molecule has 1 fully saturated rings. The molecule has 128 valence electrons. The molecule has 0 unspecified atom stereocenters. The Bertz CT molecular complexity index is 651. The number of benzene rings is 1. The van der Waals surface area contributed by atoms with Gasteiger partial charge in [0.1, 0.15) is 0 Å². The van der Waals surface area contributed by atoms with Crippen LogP contribution in [0.1, 0.15) is 29.5 Å². The Morgan fingerprint density at radius 1 is 1.12 bits per heavy atom. The molecule has 1 aromatic heterocycles. The van der Waals surface area contributed by atoms with Gasteiger partial charge in [-0.15, -0.1) is 12.4 Å². The quantitative estimate of drug-likeness (QED) is 0.911. The van der Waals surface area contributed by atoms with Crippen LogP contribution in [-0.2, 0) is 19.4 Å². The highest BCUT2D eigenvalue weighted by atomic mass is 35.5. The predicted molar refractivity (Wildman–Crippen MR) is 102 cm³/mol. The number of hydrogen-bond donors (Lipinski definition) is 1. The van der Waals surface area contributed by atoms with Crippen LogP contribution in [0.4, 0.5) is 5.69 Å². The molecule has 1 N–H and O–H groups in total. The minimum atomic E-state index is 0. The topological polar surface area (TPSA) is 28.2 Å². The van der Waals surface area contributed by atoms with Gasteiger partial charge in [0.25, 0.3) is 0 Å². The number of aromatic nitrogens is 1. The number of rotatable bonds is 4. The number of nitrogens with one attached hydrogen (secondary N) is 1. The third kappa shape index (κ3) is 3.90. The van der Waals surface area contributed by atoms with Crippen molar-refractivity contribution in [3.05, 3.63) is 59.4 Å². The van der Waals surface area contributed by atoms with Gasteiger partial charge in [0.05, 0.1) is 0 Å². The molecular formula is C20H26ClN3. The first kappa shape index (κ1) is 17.2. The van der Waals surface area contributed by atoms with Gasteiger partial charge in [-0.2, -0.15) is 0 Å². The fraction of sp³-hybridized carbons (Fsp3) is 0.450. The van der Waals surface area contributed by atoms with Crippen molar-refractivity contribution in [3.8, 4) is 0 Å². The summed E-state index contributed by atoms with van der Waals surface area (Å²) in [5.41, 5.74) is 5.76. The van der Waals surface area contributed by atoms with Crippen molar-refractivity contribution in [3.63, 3.8) is 0 Å². The highest BCUT2D eigenvalue weighted by molar-refractivity contribution is 5.85. The van der Waals surface area contributed by atoms with E-state index in [0.29, 0.717) is 0 Å². The fourth-order valence-electron chi connectivity index (χ4n) is 3.98. The molecule has 3 heterocycles. The number of para-hydroxylation sites is 1.